The fourth-order valence-electron chi connectivity index (χ4n) is 7.67. The zero-order chi connectivity index (χ0) is 19.5. The van der Waals surface area contributed by atoms with Crippen molar-refractivity contribution >= 4 is 5.78 Å². The predicted molar refractivity (Wildman–Crippen MR) is 104 cm³/mol. The molecule has 5 heteroatoms. The largest absolute Gasteiger partial charge is 0.493 e. The lowest BCUT2D eigenvalue weighted by Crippen LogP contribution is -2.79. The van der Waals surface area contributed by atoms with Crippen LogP contribution in [0.3, 0.4) is 0 Å². The lowest BCUT2D eigenvalue weighted by molar-refractivity contribution is -0.212. The van der Waals surface area contributed by atoms with Crippen LogP contribution in [0.5, 0.6) is 11.5 Å². The third-order valence-corrected chi connectivity index (χ3v) is 8.77. The number of Topliss-reactive ketones (excluding diaryl/α,β-unsaturated/α-hetero) is 1. The second kappa shape index (κ2) is 5.00. The van der Waals surface area contributed by atoms with Crippen molar-refractivity contribution in [3.8, 4) is 11.5 Å². The number of rotatable bonds is 3. The van der Waals surface area contributed by atoms with Crippen molar-refractivity contribution in [2.24, 2.45) is 11.3 Å². The number of hydrogen-bond donors (Lipinski definition) is 0. The summed E-state index contributed by atoms with van der Waals surface area (Å²) in [6, 6.07) is 4.62. The van der Waals surface area contributed by atoms with Gasteiger partial charge in [-0.05, 0) is 51.4 Å². The van der Waals surface area contributed by atoms with E-state index in [9.17, 15) is 4.79 Å². The van der Waals surface area contributed by atoms with Gasteiger partial charge in [0.25, 0.3) is 0 Å². The van der Waals surface area contributed by atoms with E-state index in [0.29, 0.717) is 6.04 Å². The Hall–Kier alpha value is -1.85. The van der Waals surface area contributed by atoms with Gasteiger partial charge in [0.2, 0.25) is 0 Å². The number of likely N-dealkylation sites (N-methyl/N-ethyl adjacent to an activating group) is 1. The lowest BCUT2D eigenvalue weighted by atomic mass is 9.37. The number of benzene rings is 1. The van der Waals surface area contributed by atoms with Gasteiger partial charge in [-0.15, -0.1) is 0 Å². The lowest BCUT2D eigenvalue weighted by Gasteiger charge is -2.70. The van der Waals surface area contributed by atoms with Gasteiger partial charge in [0, 0.05) is 24.1 Å². The first kappa shape index (κ1) is 17.0. The maximum absolute atomic E-state index is 12.8. The minimum Gasteiger partial charge on any atom is -0.493 e. The van der Waals surface area contributed by atoms with Crippen LogP contribution in [-0.2, 0) is 21.4 Å². The molecule has 1 aromatic carbocycles. The highest BCUT2D eigenvalue weighted by molar-refractivity contribution is 5.82. The first-order valence-electron chi connectivity index (χ1n) is 10.3. The van der Waals surface area contributed by atoms with E-state index in [1.54, 1.807) is 21.1 Å². The highest BCUT2D eigenvalue weighted by atomic mass is 16.6. The quantitative estimate of drug-likeness (QED) is 0.753. The maximum Gasteiger partial charge on any atom is 0.166 e. The highest BCUT2D eigenvalue weighted by Gasteiger charge is 2.79. The molecule has 1 saturated carbocycles. The van der Waals surface area contributed by atoms with Crippen LogP contribution in [0.15, 0.2) is 24.3 Å². The number of ether oxygens (including phenoxy) is 3. The molecule has 0 N–H and O–H groups in total. The minimum absolute atomic E-state index is 0.105. The summed E-state index contributed by atoms with van der Waals surface area (Å²) in [5, 5.41) is 0. The standard InChI is InChI=1S/C23H27NO4/c1-13(25)15-12-21-7-8-23(15,27-4)20-22(21)9-10-24(2)17(21)11-14-5-6-16(26-3)19(28-20)18(14)22/h5-8,15,17,20H,9-12H2,1-4H3/t15-,17+,20-,21-,22-,23+/m0/s1. The van der Waals surface area contributed by atoms with Crippen LogP contribution in [0.2, 0.25) is 0 Å². The summed E-state index contributed by atoms with van der Waals surface area (Å²) in [5.41, 5.74) is 1.72. The van der Waals surface area contributed by atoms with E-state index in [0.717, 1.165) is 37.3 Å². The van der Waals surface area contributed by atoms with E-state index < -0.39 is 5.60 Å². The van der Waals surface area contributed by atoms with Gasteiger partial charge >= 0.3 is 0 Å². The molecule has 7 rings (SSSR count). The van der Waals surface area contributed by atoms with Gasteiger partial charge in [0.05, 0.1) is 18.4 Å². The topological polar surface area (TPSA) is 48.0 Å². The molecule has 2 fully saturated rings. The van der Waals surface area contributed by atoms with Crippen LogP contribution in [0.1, 0.15) is 30.9 Å². The van der Waals surface area contributed by atoms with Gasteiger partial charge in [-0.1, -0.05) is 18.2 Å². The third-order valence-electron chi connectivity index (χ3n) is 8.77. The monoisotopic (exact) mass is 381 g/mol. The summed E-state index contributed by atoms with van der Waals surface area (Å²) < 4.78 is 18.7. The molecule has 5 nitrogen and oxygen atoms in total. The smallest absolute Gasteiger partial charge is 0.166 e. The van der Waals surface area contributed by atoms with Crippen molar-refractivity contribution in [1.29, 1.82) is 0 Å². The number of likely N-dealkylation sites (tertiary alicyclic amines) is 1. The first-order valence-corrected chi connectivity index (χ1v) is 10.3. The molecule has 0 aromatic heterocycles. The van der Waals surface area contributed by atoms with E-state index in [4.69, 9.17) is 14.2 Å². The van der Waals surface area contributed by atoms with Crippen molar-refractivity contribution in [2.75, 3.05) is 27.8 Å². The van der Waals surface area contributed by atoms with E-state index >= 15 is 0 Å². The summed E-state index contributed by atoms with van der Waals surface area (Å²) >= 11 is 0. The Labute approximate surface area is 165 Å². The van der Waals surface area contributed by atoms with Gasteiger partial charge in [-0.25, -0.2) is 0 Å². The molecule has 1 saturated heterocycles. The Bertz CT molecular complexity index is 941. The van der Waals surface area contributed by atoms with Crippen LogP contribution in [-0.4, -0.2) is 56.2 Å². The molecule has 28 heavy (non-hydrogen) atoms. The van der Waals surface area contributed by atoms with Gasteiger partial charge < -0.3 is 19.1 Å². The molecule has 0 radical (unpaired) electrons. The van der Waals surface area contributed by atoms with Gasteiger partial charge in [-0.3, -0.25) is 4.79 Å². The molecule has 1 aromatic rings. The fraction of sp³-hybridized carbons (Fsp3) is 0.609. The molecule has 6 aliphatic rings. The zero-order valence-electron chi connectivity index (χ0n) is 17.0. The maximum atomic E-state index is 12.8. The molecule has 148 valence electrons. The van der Waals surface area contributed by atoms with Crippen LogP contribution in [0, 0.1) is 11.3 Å². The Morgan fingerprint density at radius 1 is 1.29 bits per heavy atom. The molecule has 2 aliphatic heterocycles. The molecular formula is C23H27NO4. The Kier molecular flexibility index (Phi) is 3.05. The number of ketones is 1. The normalized spacial score (nSPS) is 44.2. The van der Waals surface area contributed by atoms with E-state index in [-0.39, 0.29) is 28.6 Å². The molecular weight excluding hydrogens is 354 g/mol. The zero-order valence-corrected chi connectivity index (χ0v) is 17.0. The van der Waals surface area contributed by atoms with E-state index in [1.165, 1.54) is 11.1 Å². The highest BCUT2D eigenvalue weighted by Crippen LogP contribution is 2.74. The van der Waals surface area contributed by atoms with E-state index in [2.05, 4.69) is 30.2 Å². The minimum atomic E-state index is -0.716. The second-order valence-electron chi connectivity index (χ2n) is 9.35. The van der Waals surface area contributed by atoms with Crippen LogP contribution in [0.4, 0.5) is 0 Å². The Morgan fingerprint density at radius 2 is 2.11 bits per heavy atom. The third kappa shape index (κ3) is 1.49. The van der Waals surface area contributed by atoms with Gasteiger partial charge in [0.15, 0.2) is 11.5 Å². The van der Waals surface area contributed by atoms with Crippen molar-refractivity contribution < 1.29 is 19.0 Å². The number of carbonyl (C=O) groups is 1. The van der Waals surface area contributed by atoms with Crippen LogP contribution < -0.4 is 9.47 Å². The van der Waals surface area contributed by atoms with Gasteiger partial charge in [0.1, 0.15) is 17.5 Å². The molecule has 0 amide bonds. The molecule has 4 bridgehead atoms. The van der Waals surface area contributed by atoms with Gasteiger partial charge in [-0.2, -0.15) is 0 Å². The molecule has 2 spiro atoms. The fourth-order valence-corrected chi connectivity index (χ4v) is 7.67. The number of fused-ring (bicyclic) bond motifs is 1. The van der Waals surface area contributed by atoms with Crippen molar-refractivity contribution in [2.45, 2.75) is 49.3 Å². The number of piperidine rings is 1. The molecule has 2 heterocycles. The summed E-state index contributed by atoms with van der Waals surface area (Å²) in [6.45, 7) is 2.74. The summed E-state index contributed by atoms with van der Waals surface area (Å²) in [4.78, 5) is 15.3. The van der Waals surface area contributed by atoms with Crippen LogP contribution in [0.25, 0.3) is 0 Å². The number of methoxy groups -OCH3 is 2. The average molecular weight is 381 g/mol. The molecule has 0 unspecified atom stereocenters. The number of nitrogens with zero attached hydrogens (tertiary/aromatic N) is 1. The Morgan fingerprint density at radius 3 is 2.82 bits per heavy atom. The molecule has 4 aliphatic carbocycles. The SMILES string of the molecule is COc1ccc2c3c1O[C@@H]1[C@@]4(OC)C=C[C@]5(C[C@H]4C(C)=O)[C@@H](C2)N(C)CC[C@]315. The van der Waals surface area contributed by atoms with Crippen molar-refractivity contribution in [1.82, 2.24) is 4.90 Å². The summed E-state index contributed by atoms with van der Waals surface area (Å²) in [7, 11) is 5.67. The van der Waals surface area contributed by atoms with Crippen LogP contribution >= 0.6 is 0 Å². The predicted octanol–water partition coefficient (Wildman–Crippen LogP) is 2.50. The van der Waals surface area contributed by atoms with E-state index in [1.807, 2.05) is 6.07 Å². The summed E-state index contributed by atoms with van der Waals surface area (Å²) in [5.74, 6) is 1.68. The molecule has 6 atom stereocenters. The second-order valence-corrected chi connectivity index (χ2v) is 9.35. The summed E-state index contributed by atoms with van der Waals surface area (Å²) in [6.07, 6.45) is 7.19. The number of hydrogen-bond acceptors (Lipinski definition) is 5. The van der Waals surface area contributed by atoms with Crippen molar-refractivity contribution in [3.63, 3.8) is 0 Å². The number of carbonyl (C=O) groups excluding carboxylic acids is 1. The van der Waals surface area contributed by atoms with Crippen molar-refractivity contribution in [3.05, 3.63) is 35.4 Å². The Balaban J connectivity index is 1.72. The first-order chi connectivity index (χ1) is 13.4. The average Bonchev–Trinajstić information content (AvgIpc) is 3.07.